The standard InChI is InChI=1S/C23H26N4O/c1-14-21(19-13-17(22(24)25)9-12-20(19)26-14)23(28)27-18-10-7-16(8-11-18)15-5-3-2-4-6-15/h7-13,15,26H,2-6H2,1H3,(H3,24,25)(H,27,28). The molecule has 5 N–H and O–H groups in total. The summed E-state index contributed by atoms with van der Waals surface area (Å²) in [7, 11) is 0. The number of hydrogen-bond acceptors (Lipinski definition) is 2. The Balaban J connectivity index is 1.57. The number of carbonyl (C=O) groups is 1. The van der Waals surface area contributed by atoms with Crippen molar-refractivity contribution in [1.29, 1.82) is 5.41 Å². The maximum absolute atomic E-state index is 13.0. The molecule has 0 atom stereocenters. The lowest BCUT2D eigenvalue weighted by Gasteiger charge is -2.22. The van der Waals surface area contributed by atoms with Crippen LogP contribution in [0.4, 0.5) is 5.69 Å². The van der Waals surface area contributed by atoms with Crippen molar-refractivity contribution >= 4 is 28.3 Å². The lowest BCUT2D eigenvalue weighted by Crippen LogP contribution is -2.14. The van der Waals surface area contributed by atoms with Gasteiger partial charge in [0.15, 0.2) is 0 Å². The van der Waals surface area contributed by atoms with Gasteiger partial charge in [-0.05, 0) is 61.6 Å². The number of nitrogens with one attached hydrogen (secondary N) is 3. The number of amides is 1. The molecule has 1 fully saturated rings. The van der Waals surface area contributed by atoms with E-state index in [4.69, 9.17) is 11.1 Å². The van der Waals surface area contributed by atoms with E-state index in [1.165, 1.54) is 37.7 Å². The summed E-state index contributed by atoms with van der Waals surface area (Å²) in [4.78, 5) is 16.2. The molecule has 0 radical (unpaired) electrons. The molecule has 1 heterocycles. The number of nitrogens with two attached hydrogens (primary N) is 1. The van der Waals surface area contributed by atoms with Gasteiger partial charge in [-0.1, -0.05) is 31.4 Å². The second-order valence-electron chi connectivity index (χ2n) is 7.71. The molecule has 0 spiro atoms. The third-order valence-corrected chi connectivity index (χ3v) is 5.77. The summed E-state index contributed by atoms with van der Waals surface area (Å²) >= 11 is 0. The number of aromatic amines is 1. The Kier molecular flexibility index (Phi) is 4.90. The molecule has 4 rings (SSSR count). The summed E-state index contributed by atoms with van der Waals surface area (Å²) < 4.78 is 0. The molecule has 0 aliphatic heterocycles. The fourth-order valence-corrected chi connectivity index (χ4v) is 4.25. The number of nitrogen functional groups attached to an aromatic ring is 1. The number of hydrogen-bond donors (Lipinski definition) is 4. The van der Waals surface area contributed by atoms with Crippen molar-refractivity contribution in [3.63, 3.8) is 0 Å². The molecule has 1 aromatic heterocycles. The Morgan fingerprint density at radius 2 is 1.82 bits per heavy atom. The summed E-state index contributed by atoms with van der Waals surface area (Å²) in [5.41, 5.74) is 10.6. The number of aromatic nitrogens is 1. The van der Waals surface area contributed by atoms with Crippen LogP contribution in [-0.4, -0.2) is 16.7 Å². The van der Waals surface area contributed by atoms with Crippen LogP contribution in [0.2, 0.25) is 0 Å². The van der Waals surface area contributed by atoms with Gasteiger partial charge in [-0.3, -0.25) is 10.2 Å². The lowest BCUT2D eigenvalue weighted by atomic mass is 9.84. The third-order valence-electron chi connectivity index (χ3n) is 5.77. The first-order valence-electron chi connectivity index (χ1n) is 9.91. The van der Waals surface area contributed by atoms with Gasteiger partial charge in [-0.25, -0.2) is 0 Å². The molecule has 0 bridgehead atoms. The van der Waals surface area contributed by atoms with Gasteiger partial charge in [-0.2, -0.15) is 0 Å². The maximum Gasteiger partial charge on any atom is 0.258 e. The zero-order chi connectivity index (χ0) is 19.7. The van der Waals surface area contributed by atoms with Gasteiger partial charge in [0, 0.05) is 27.8 Å². The number of benzene rings is 2. The summed E-state index contributed by atoms with van der Waals surface area (Å²) in [6, 6.07) is 13.7. The van der Waals surface area contributed by atoms with Crippen LogP contribution >= 0.6 is 0 Å². The molecule has 1 amide bonds. The fraction of sp³-hybridized carbons (Fsp3) is 0.304. The summed E-state index contributed by atoms with van der Waals surface area (Å²) in [6.07, 6.45) is 6.49. The predicted octanol–water partition coefficient (Wildman–Crippen LogP) is 5.06. The summed E-state index contributed by atoms with van der Waals surface area (Å²) in [6.45, 7) is 1.88. The monoisotopic (exact) mass is 374 g/mol. The zero-order valence-corrected chi connectivity index (χ0v) is 16.1. The minimum Gasteiger partial charge on any atom is -0.384 e. The molecule has 0 unspecified atom stereocenters. The zero-order valence-electron chi connectivity index (χ0n) is 16.1. The van der Waals surface area contributed by atoms with Gasteiger partial charge < -0.3 is 16.0 Å². The molecule has 144 valence electrons. The minimum absolute atomic E-state index is 0.00888. The summed E-state index contributed by atoms with van der Waals surface area (Å²) in [5.74, 6) is 0.486. The van der Waals surface area contributed by atoms with E-state index < -0.39 is 0 Å². The van der Waals surface area contributed by atoms with Crippen molar-refractivity contribution in [3.8, 4) is 0 Å². The van der Waals surface area contributed by atoms with Gasteiger partial charge in [0.1, 0.15) is 5.84 Å². The minimum atomic E-state index is -0.158. The van der Waals surface area contributed by atoms with Crippen molar-refractivity contribution in [1.82, 2.24) is 4.98 Å². The number of fused-ring (bicyclic) bond motifs is 1. The van der Waals surface area contributed by atoms with Gasteiger partial charge in [0.25, 0.3) is 5.91 Å². The molecule has 28 heavy (non-hydrogen) atoms. The highest BCUT2D eigenvalue weighted by Gasteiger charge is 2.18. The van der Waals surface area contributed by atoms with Crippen molar-refractivity contribution in [2.75, 3.05) is 5.32 Å². The van der Waals surface area contributed by atoms with Gasteiger partial charge >= 0.3 is 0 Å². The highest BCUT2D eigenvalue weighted by atomic mass is 16.1. The molecule has 1 aliphatic carbocycles. The van der Waals surface area contributed by atoms with E-state index in [2.05, 4.69) is 22.4 Å². The van der Waals surface area contributed by atoms with Crippen molar-refractivity contribution in [2.24, 2.45) is 5.73 Å². The number of H-pyrrole nitrogens is 1. The maximum atomic E-state index is 13.0. The van der Waals surface area contributed by atoms with Crippen LogP contribution in [0, 0.1) is 12.3 Å². The molecule has 1 aliphatic rings. The largest absolute Gasteiger partial charge is 0.384 e. The van der Waals surface area contributed by atoms with E-state index in [9.17, 15) is 4.79 Å². The van der Waals surface area contributed by atoms with Crippen molar-refractivity contribution in [3.05, 3.63) is 64.8 Å². The Bertz CT molecular complexity index is 1030. The average Bonchev–Trinajstić information content (AvgIpc) is 3.04. The number of carbonyl (C=O) groups excluding carboxylic acids is 1. The van der Waals surface area contributed by atoms with Crippen LogP contribution in [0.5, 0.6) is 0 Å². The number of rotatable bonds is 4. The molecule has 2 aromatic carbocycles. The molecule has 1 saturated carbocycles. The summed E-state index contributed by atoms with van der Waals surface area (Å²) in [5, 5.41) is 11.4. The van der Waals surface area contributed by atoms with E-state index in [-0.39, 0.29) is 11.7 Å². The SMILES string of the molecule is Cc1[nH]c2ccc(C(=N)N)cc2c1C(=O)Nc1ccc(C2CCCCC2)cc1. The first-order valence-corrected chi connectivity index (χ1v) is 9.91. The van der Waals surface area contributed by atoms with Crippen LogP contribution < -0.4 is 11.1 Å². The molecule has 5 heteroatoms. The average molecular weight is 374 g/mol. The molecule has 5 nitrogen and oxygen atoms in total. The fourth-order valence-electron chi connectivity index (χ4n) is 4.25. The van der Waals surface area contributed by atoms with Crippen LogP contribution in [0.1, 0.15) is 65.2 Å². The van der Waals surface area contributed by atoms with Gasteiger partial charge in [-0.15, -0.1) is 0 Å². The number of anilines is 1. The van der Waals surface area contributed by atoms with E-state index in [1.54, 1.807) is 12.1 Å². The van der Waals surface area contributed by atoms with E-state index in [0.717, 1.165) is 22.3 Å². The van der Waals surface area contributed by atoms with Crippen LogP contribution in [-0.2, 0) is 0 Å². The van der Waals surface area contributed by atoms with Crippen LogP contribution in [0.25, 0.3) is 10.9 Å². The smallest absolute Gasteiger partial charge is 0.258 e. The highest BCUT2D eigenvalue weighted by Crippen LogP contribution is 2.33. The topological polar surface area (TPSA) is 94.8 Å². The Morgan fingerprint density at radius 1 is 1.11 bits per heavy atom. The quantitative estimate of drug-likeness (QED) is 0.379. The van der Waals surface area contributed by atoms with Gasteiger partial charge in [0.05, 0.1) is 5.56 Å². The van der Waals surface area contributed by atoms with E-state index >= 15 is 0 Å². The highest BCUT2D eigenvalue weighted by molar-refractivity contribution is 6.15. The third kappa shape index (κ3) is 3.52. The molecular formula is C23H26N4O. The lowest BCUT2D eigenvalue weighted by molar-refractivity contribution is 0.102. The predicted molar refractivity (Wildman–Crippen MR) is 114 cm³/mol. The molecule has 3 aromatic rings. The van der Waals surface area contributed by atoms with E-state index in [0.29, 0.717) is 17.0 Å². The second kappa shape index (κ2) is 7.50. The van der Waals surface area contributed by atoms with E-state index in [1.807, 2.05) is 25.1 Å². The Hall–Kier alpha value is -3.08. The second-order valence-corrected chi connectivity index (χ2v) is 7.71. The normalized spacial score (nSPS) is 14.9. The van der Waals surface area contributed by atoms with Crippen molar-refractivity contribution in [2.45, 2.75) is 44.9 Å². The number of aryl methyl sites for hydroxylation is 1. The Labute approximate surface area is 164 Å². The number of amidine groups is 1. The van der Waals surface area contributed by atoms with Gasteiger partial charge in [0.2, 0.25) is 0 Å². The first kappa shape index (κ1) is 18.3. The van der Waals surface area contributed by atoms with Crippen LogP contribution in [0.15, 0.2) is 42.5 Å². The van der Waals surface area contributed by atoms with Crippen LogP contribution in [0.3, 0.4) is 0 Å². The molecular weight excluding hydrogens is 348 g/mol. The first-order chi connectivity index (χ1) is 13.5. The Morgan fingerprint density at radius 3 is 2.50 bits per heavy atom. The van der Waals surface area contributed by atoms with Crippen molar-refractivity contribution < 1.29 is 4.79 Å². The molecule has 0 saturated heterocycles.